The fourth-order valence-electron chi connectivity index (χ4n) is 5.53. The molecule has 3 atom stereocenters. The van der Waals surface area contributed by atoms with E-state index in [1.807, 2.05) is 30.3 Å². The lowest BCUT2D eigenvalue weighted by Crippen LogP contribution is -3.18. The first-order chi connectivity index (χ1) is 13.7. The minimum atomic E-state index is 0.159. The summed E-state index contributed by atoms with van der Waals surface area (Å²) in [6.07, 6.45) is 3.59. The van der Waals surface area contributed by atoms with Gasteiger partial charge in [-0.3, -0.25) is 4.79 Å². The zero-order valence-electron chi connectivity index (χ0n) is 16.5. The number of pyridine rings is 1. The highest BCUT2D eigenvalue weighted by molar-refractivity contribution is 5.63. The van der Waals surface area contributed by atoms with Crippen LogP contribution in [0.4, 0.5) is 0 Å². The summed E-state index contributed by atoms with van der Waals surface area (Å²) < 4.78 is 12.9. The molecule has 1 aromatic carbocycles. The molecule has 0 aliphatic carbocycles. The van der Waals surface area contributed by atoms with Crippen LogP contribution < -0.4 is 15.2 Å². The van der Waals surface area contributed by atoms with Crippen LogP contribution in [0.1, 0.15) is 30.9 Å². The fraction of sp³-hybridized carbons (Fsp3) is 0.522. The van der Waals surface area contributed by atoms with Gasteiger partial charge in [0.1, 0.15) is 5.75 Å². The molecule has 5 heteroatoms. The van der Waals surface area contributed by atoms with Gasteiger partial charge >= 0.3 is 0 Å². The molecule has 2 fully saturated rings. The van der Waals surface area contributed by atoms with Crippen molar-refractivity contribution in [2.75, 3.05) is 33.4 Å². The highest BCUT2D eigenvalue weighted by atomic mass is 16.5. The van der Waals surface area contributed by atoms with Gasteiger partial charge < -0.3 is 18.9 Å². The number of quaternary nitrogens is 1. The number of ether oxygens (including phenoxy) is 2. The molecule has 2 bridgehead atoms. The van der Waals surface area contributed by atoms with Crippen LogP contribution in [-0.2, 0) is 11.3 Å². The minimum absolute atomic E-state index is 0.159. The third kappa shape index (κ3) is 3.16. The number of aromatic nitrogens is 1. The number of hydrogen-bond donors (Lipinski definition) is 1. The number of nitrogens with one attached hydrogen (secondary N) is 1. The third-order valence-electron chi connectivity index (χ3n) is 6.94. The number of nitrogens with zero attached hydrogens (tertiary/aromatic N) is 1. The normalized spacial score (nSPS) is 27.2. The van der Waals surface area contributed by atoms with E-state index < -0.39 is 0 Å². The lowest BCUT2D eigenvalue weighted by atomic mass is 9.81. The van der Waals surface area contributed by atoms with E-state index in [9.17, 15) is 4.79 Å². The SMILES string of the molecule is COc1ccc(-c2ccc3n(c2=O)C[C@H]2C[C@@H]3C[NH+](C3CCOCC3)C2)cc1. The van der Waals surface area contributed by atoms with Gasteiger partial charge in [-0.2, -0.15) is 0 Å². The molecule has 1 N–H and O–H groups in total. The number of rotatable bonds is 3. The van der Waals surface area contributed by atoms with Gasteiger partial charge in [-0.25, -0.2) is 0 Å². The van der Waals surface area contributed by atoms with Gasteiger partial charge in [-0.05, 0) is 36.2 Å². The molecule has 1 aromatic heterocycles. The first kappa shape index (κ1) is 18.0. The highest BCUT2D eigenvalue weighted by Crippen LogP contribution is 2.32. The number of piperidine rings is 1. The van der Waals surface area contributed by atoms with Gasteiger partial charge in [0, 0.05) is 42.5 Å². The molecule has 2 aromatic rings. The molecule has 3 aliphatic heterocycles. The van der Waals surface area contributed by atoms with E-state index in [0.717, 1.165) is 49.2 Å². The lowest BCUT2D eigenvalue weighted by molar-refractivity contribution is -0.937. The molecule has 28 heavy (non-hydrogen) atoms. The maximum atomic E-state index is 13.3. The average molecular weight is 381 g/mol. The maximum absolute atomic E-state index is 13.3. The zero-order chi connectivity index (χ0) is 19.1. The van der Waals surface area contributed by atoms with Gasteiger partial charge in [0.05, 0.1) is 39.5 Å². The summed E-state index contributed by atoms with van der Waals surface area (Å²) in [7, 11) is 1.66. The Hall–Kier alpha value is -2.11. The summed E-state index contributed by atoms with van der Waals surface area (Å²) in [5.74, 6) is 1.92. The largest absolute Gasteiger partial charge is 0.497 e. The van der Waals surface area contributed by atoms with E-state index in [0.29, 0.717) is 11.8 Å². The monoisotopic (exact) mass is 381 g/mol. The topological polar surface area (TPSA) is 44.9 Å². The Morgan fingerprint density at radius 3 is 2.61 bits per heavy atom. The molecule has 0 amide bonds. The Balaban J connectivity index is 1.44. The smallest absolute Gasteiger partial charge is 0.258 e. The van der Waals surface area contributed by atoms with Gasteiger partial charge in [-0.1, -0.05) is 12.1 Å². The lowest BCUT2D eigenvalue weighted by Gasteiger charge is -2.44. The molecular weight excluding hydrogens is 352 g/mol. The predicted molar refractivity (Wildman–Crippen MR) is 108 cm³/mol. The van der Waals surface area contributed by atoms with E-state index in [4.69, 9.17) is 9.47 Å². The van der Waals surface area contributed by atoms with Crippen molar-refractivity contribution in [2.45, 2.75) is 37.8 Å². The summed E-state index contributed by atoms with van der Waals surface area (Å²) in [4.78, 5) is 15.0. The predicted octanol–water partition coefficient (Wildman–Crippen LogP) is 1.70. The number of likely N-dealkylation sites (tertiary alicyclic amines) is 1. The minimum Gasteiger partial charge on any atom is -0.497 e. The molecule has 2 saturated heterocycles. The van der Waals surface area contributed by atoms with Crippen molar-refractivity contribution < 1.29 is 14.4 Å². The molecule has 0 spiro atoms. The Labute approximate surface area is 165 Å². The van der Waals surface area contributed by atoms with E-state index in [1.54, 1.807) is 12.0 Å². The third-order valence-corrected chi connectivity index (χ3v) is 6.94. The molecule has 148 valence electrons. The second-order valence-corrected chi connectivity index (χ2v) is 8.57. The summed E-state index contributed by atoms with van der Waals surface area (Å²) in [6.45, 7) is 5.03. The first-order valence-corrected chi connectivity index (χ1v) is 10.5. The van der Waals surface area contributed by atoms with Gasteiger partial charge in [0.25, 0.3) is 5.56 Å². The molecule has 0 saturated carbocycles. The first-order valence-electron chi connectivity index (χ1n) is 10.5. The van der Waals surface area contributed by atoms with Crippen LogP contribution >= 0.6 is 0 Å². The van der Waals surface area contributed by atoms with Crippen molar-refractivity contribution in [3.8, 4) is 16.9 Å². The Morgan fingerprint density at radius 1 is 1.07 bits per heavy atom. The number of hydrogen-bond acceptors (Lipinski definition) is 3. The summed E-state index contributed by atoms with van der Waals surface area (Å²) >= 11 is 0. The molecule has 0 radical (unpaired) electrons. The number of fused-ring (bicyclic) bond motifs is 4. The molecule has 4 heterocycles. The number of benzene rings is 1. The van der Waals surface area contributed by atoms with Crippen LogP contribution in [0.3, 0.4) is 0 Å². The van der Waals surface area contributed by atoms with Crippen molar-refractivity contribution in [2.24, 2.45) is 5.92 Å². The average Bonchev–Trinajstić information content (AvgIpc) is 2.75. The summed E-state index contributed by atoms with van der Waals surface area (Å²) in [6, 6.07) is 12.8. The van der Waals surface area contributed by atoms with Gasteiger partial charge in [0.15, 0.2) is 0 Å². The van der Waals surface area contributed by atoms with E-state index in [-0.39, 0.29) is 5.56 Å². The van der Waals surface area contributed by atoms with Gasteiger partial charge in [0.2, 0.25) is 0 Å². The van der Waals surface area contributed by atoms with Crippen molar-refractivity contribution in [3.05, 3.63) is 52.4 Å². The molecule has 5 rings (SSSR count). The zero-order valence-corrected chi connectivity index (χ0v) is 16.5. The van der Waals surface area contributed by atoms with Crippen molar-refractivity contribution >= 4 is 0 Å². The van der Waals surface area contributed by atoms with E-state index in [2.05, 4.69) is 10.6 Å². The van der Waals surface area contributed by atoms with Gasteiger partial charge in [-0.15, -0.1) is 0 Å². The van der Waals surface area contributed by atoms with Crippen LogP contribution in [0.25, 0.3) is 11.1 Å². The molecule has 3 aliphatic rings. The summed E-state index contributed by atoms with van der Waals surface area (Å²) in [5.41, 5.74) is 3.15. The number of methoxy groups -OCH3 is 1. The Kier molecular flexibility index (Phi) is 4.73. The maximum Gasteiger partial charge on any atom is 0.258 e. The highest BCUT2D eigenvalue weighted by Gasteiger charge is 2.40. The second-order valence-electron chi connectivity index (χ2n) is 8.57. The van der Waals surface area contributed by atoms with Crippen LogP contribution in [0.5, 0.6) is 5.75 Å². The quantitative estimate of drug-likeness (QED) is 0.880. The van der Waals surface area contributed by atoms with E-state index >= 15 is 0 Å². The summed E-state index contributed by atoms with van der Waals surface area (Å²) in [5, 5.41) is 0. The van der Waals surface area contributed by atoms with Crippen LogP contribution in [-0.4, -0.2) is 44.0 Å². The van der Waals surface area contributed by atoms with Crippen LogP contribution in [0.2, 0.25) is 0 Å². The van der Waals surface area contributed by atoms with Crippen molar-refractivity contribution in [1.82, 2.24) is 4.57 Å². The van der Waals surface area contributed by atoms with Crippen molar-refractivity contribution in [1.29, 1.82) is 0 Å². The van der Waals surface area contributed by atoms with Crippen molar-refractivity contribution in [3.63, 3.8) is 0 Å². The molecule has 1 unspecified atom stereocenters. The Bertz CT molecular complexity index is 899. The molecule has 5 nitrogen and oxygen atoms in total. The Morgan fingerprint density at radius 2 is 1.86 bits per heavy atom. The fourth-order valence-corrected chi connectivity index (χ4v) is 5.53. The van der Waals surface area contributed by atoms with Crippen LogP contribution in [0.15, 0.2) is 41.2 Å². The standard InChI is InChI=1S/C23H28N2O3/c1-27-20-4-2-17(3-5-20)21-6-7-22-18-12-16(14-25(22)23(21)26)13-24(15-18)19-8-10-28-11-9-19/h2-7,16,18-19H,8-15H2,1H3/p+1/t16-,18+/m0/s1. The molecular formula is C23H29N2O3+. The second kappa shape index (κ2) is 7.37. The van der Waals surface area contributed by atoms with E-state index in [1.165, 1.54) is 31.5 Å². The van der Waals surface area contributed by atoms with Crippen LogP contribution in [0, 0.1) is 5.92 Å².